The predicted molar refractivity (Wildman–Crippen MR) is 65.0 cm³/mol. The summed E-state index contributed by atoms with van der Waals surface area (Å²) in [5.41, 5.74) is 5.63. The van der Waals surface area contributed by atoms with Crippen LogP contribution in [0.1, 0.15) is 6.92 Å². The van der Waals surface area contributed by atoms with Gasteiger partial charge in [0.05, 0.1) is 13.7 Å². The molecule has 0 fully saturated rings. The fourth-order valence-electron chi connectivity index (χ4n) is 1.26. The van der Waals surface area contributed by atoms with E-state index in [1.807, 2.05) is 6.92 Å². The highest BCUT2D eigenvalue weighted by molar-refractivity contribution is 7.11. The molecule has 0 aliphatic rings. The normalized spacial score (nSPS) is 9.94. The molecule has 1 amide bonds. The highest BCUT2D eigenvalue weighted by Gasteiger charge is 2.17. The number of hydrogen-bond donors (Lipinski definition) is 2. The van der Waals surface area contributed by atoms with Crippen LogP contribution in [0.15, 0.2) is 0 Å². The van der Waals surface area contributed by atoms with Crippen molar-refractivity contribution < 1.29 is 9.53 Å². The number of amides is 1. The molecule has 0 spiro atoms. The van der Waals surface area contributed by atoms with Crippen LogP contribution in [-0.4, -0.2) is 37.5 Å². The third-order valence-electron chi connectivity index (χ3n) is 1.96. The lowest BCUT2D eigenvalue weighted by Gasteiger charge is -2.17. The van der Waals surface area contributed by atoms with Crippen LogP contribution in [0.3, 0.4) is 0 Å². The number of hydrogen-bond acceptors (Lipinski definition) is 6. The number of nitrogens with one attached hydrogen (secondary N) is 1. The monoisotopic (exact) mass is 244 g/mol. The van der Waals surface area contributed by atoms with Gasteiger partial charge in [0, 0.05) is 13.6 Å². The van der Waals surface area contributed by atoms with Crippen LogP contribution in [0.2, 0.25) is 0 Å². The quantitative estimate of drug-likeness (QED) is 0.779. The van der Waals surface area contributed by atoms with Crippen molar-refractivity contribution in [3.63, 3.8) is 0 Å². The Bertz CT molecular complexity index is 366. The molecule has 7 heteroatoms. The van der Waals surface area contributed by atoms with Gasteiger partial charge in [-0.05, 0) is 18.5 Å². The average Bonchev–Trinajstić information content (AvgIpc) is 2.59. The molecule has 0 radical (unpaired) electrons. The molecule has 90 valence electrons. The molecule has 0 bridgehead atoms. The number of nitrogen functional groups attached to an aromatic ring is 1. The maximum Gasteiger partial charge on any atom is 0.239 e. The lowest BCUT2D eigenvalue weighted by atomic mass is 10.4. The first-order chi connectivity index (χ1) is 7.60. The number of carbonyl (C=O) groups excluding carboxylic acids is 1. The smallest absolute Gasteiger partial charge is 0.239 e. The van der Waals surface area contributed by atoms with Gasteiger partial charge in [0.25, 0.3) is 0 Å². The summed E-state index contributed by atoms with van der Waals surface area (Å²) in [7, 11) is 3.33. The minimum absolute atomic E-state index is 0.0426. The Morgan fingerprint density at radius 3 is 2.94 bits per heavy atom. The van der Waals surface area contributed by atoms with Gasteiger partial charge >= 0.3 is 0 Å². The van der Waals surface area contributed by atoms with Crippen LogP contribution in [-0.2, 0) is 4.79 Å². The van der Waals surface area contributed by atoms with Gasteiger partial charge in [-0.1, -0.05) is 0 Å². The van der Waals surface area contributed by atoms with E-state index in [1.54, 1.807) is 11.9 Å². The second kappa shape index (κ2) is 5.55. The maximum absolute atomic E-state index is 11.4. The average molecular weight is 244 g/mol. The first-order valence-corrected chi connectivity index (χ1v) is 5.64. The largest absolute Gasteiger partial charge is 0.490 e. The van der Waals surface area contributed by atoms with Crippen LogP contribution < -0.4 is 20.7 Å². The summed E-state index contributed by atoms with van der Waals surface area (Å²) in [6, 6.07) is 0. The van der Waals surface area contributed by atoms with Crippen molar-refractivity contribution in [3.8, 4) is 5.75 Å². The molecule has 0 aromatic carbocycles. The molecule has 0 saturated heterocycles. The third kappa shape index (κ3) is 2.75. The molecule has 1 aromatic rings. The Morgan fingerprint density at radius 2 is 2.38 bits per heavy atom. The van der Waals surface area contributed by atoms with Gasteiger partial charge in [0.15, 0.2) is 16.6 Å². The van der Waals surface area contributed by atoms with Gasteiger partial charge < -0.3 is 20.7 Å². The number of methoxy groups -OCH3 is 1. The Morgan fingerprint density at radius 1 is 1.69 bits per heavy atom. The topological polar surface area (TPSA) is 80.5 Å². The van der Waals surface area contributed by atoms with E-state index in [4.69, 9.17) is 10.5 Å². The van der Waals surface area contributed by atoms with Gasteiger partial charge in [0.1, 0.15) is 0 Å². The number of nitrogens with two attached hydrogens (primary N) is 1. The molecule has 0 saturated carbocycles. The summed E-state index contributed by atoms with van der Waals surface area (Å²) in [6.45, 7) is 2.75. The molecule has 3 N–H and O–H groups in total. The van der Waals surface area contributed by atoms with E-state index in [1.165, 1.54) is 18.6 Å². The summed E-state index contributed by atoms with van der Waals surface area (Å²) < 4.78 is 9.11. The standard InChI is InChI=1S/C9H16N4O2S/c1-4-11-6(14)5-13(2)9-7(15-3)8(10)12-16-9/h4-5H2,1-3H3,(H2,10,12)(H,11,14). The number of anilines is 2. The zero-order valence-corrected chi connectivity index (χ0v) is 10.4. The lowest BCUT2D eigenvalue weighted by Crippen LogP contribution is -2.34. The molecule has 6 nitrogen and oxygen atoms in total. The fraction of sp³-hybridized carbons (Fsp3) is 0.556. The number of ether oxygens (including phenoxy) is 1. The zero-order valence-electron chi connectivity index (χ0n) is 9.61. The number of likely N-dealkylation sites (N-methyl/N-ethyl adjacent to an activating group) is 2. The van der Waals surface area contributed by atoms with Crippen molar-refractivity contribution in [3.05, 3.63) is 0 Å². The molecular weight excluding hydrogens is 228 g/mol. The summed E-state index contributed by atoms with van der Waals surface area (Å²) in [6.07, 6.45) is 0. The minimum atomic E-state index is -0.0426. The van der Waals surface area contributed by atoms with Crippen LogP contribution in [0, 0.1) is 0 Å². The van der Waals surface area contributed by atoms with Gasteiger partial charge in [-0.15, -0.1) is 0 Å². The van der Waals surface area contributed by atoms with Gasteiger partial charge in [0.2, 0.25) is 5.91 Å². The SMILES string of the molecule is CCNC(=O)CN(C)c1snc(N)c1OC. The summed E-state index contributed by atoms with van der Waals surface area (Å²) in [5.74, 6) is 0.834. The number of rotatable bonds is 5. The van der Waals surface area contributed by atoms with Gasteiger partial charge in [-0.3, -0.25) is 4.79 Å². The molecule has 1 aromatic heterocycles. The summed E-state index contributed by atoms with van der Waals surface area (Å²) >= 11 is 1.21. The van der Waals surface area contributed by atoms with Crippen molar-refractivity contribution in [2.75, 3.05) is 37.9 Å². The van der Waals surface area contributed by atoms with E-state index in [9.17, 15) is 4.79 Å². The predicted octanol–water partition coefficient (Wildman–Crippen LogP) is 0.306. The number of nitrogens with zero attached hydrogens (tertiary/aromatic N) is 2. The number of aromatic nitrogens is 1. The van der Waals surface area contributed by atoms with E-state index in [2.05, 4.69) is 9.69 Å². The molecule has 1 rings (SSSR count). The van der Waals surface area contributed by atoms with Crippen molar-refractivity contribution in [2.45, 2.75) is 6.92 Å². The molecule has 0 aliphatic carbocycles. The first kappa shape index (κ1) is 12.6. The van der Waals surface area contributed by atoms with Crippen molar-refractivity contribution in [1.82, 2.24) is 9.69 Å². The second-order valence-corrected chi connectivity index (χ2v) is 3.97. The van der Waals surface area contributed by atoms with Crippen LogP contribution in [0.4, 0.5) is 10.8 Å². The van der Waals surface area contributed by atoms with E-state index >= 15 is 0 Å². The maximum atomic E-state index is 11.4. The van der Waals surface area contributed by atoms with E-state index in [-0.39, 0.29) is 12.5 Å². The van der Waals surface area contributed by atoms with Crippen molar-refractivity contribution in [2.24, 2.45) is 0 Å². The Kier molecular flexibility index (Phi) is 4.36. The van der Waals surface area contributed by atoms with E-state index in [0.29, 0.717) is 18.1 Å². The highest BCUT2D eigenvalue weighted by Crippen LogP contribution is 2.36. The van der Waals surface area contributed by atoms with Crippen molar-refractivity contribution >= 4 is 28.3 Å². The Hall–Kier alpha value is -1.50. The minimum Gasteiger partial charge on any atom is -0.490 e. The number of carbonyl (C=O) groups is 1. The fourth-order valence-corrected chi connectivity index (χ4v) is 2.00. The van der Waals surface area contributed by atoms with E-state index in [0.717, 1.165) is 5.00 Å². The second-order valence-electron chi connectivity index (χ2n) is 3.22. The lowest BCUT2D eigenvalue weighted by molar-refractivity contribution is -0.119. The molecule has 1 heterocycles. The molecule has 0 atom stereocenters. The van der Waals surface area contributed by atoms with Crippen molar-refractivity contribution in [1.29, 1.82) is 0 Å². The molecule has 16 heavy (non-hydrogen) atoms. The van der Waals surface area contributed by atoms with Crippen LogP contribution in [0.5, 0.6) is 5.75 Å². The molecule has 0 aliphatic heterocycles. The summed E-state index contributed by atoms with van der Waals surface area (Å²) in [5, 5.41) is 3.48. The van der Waals surface area contributed by atoms with E-state index < -0.39 is 0 Å². The third-order valence-corrected chi connectivity index (χ3v) is 2.92. The highest BCUT2D eigenvalue weighted by atomic mass is 32.1. The van der Waals surface area contributed by atoms with Gasteiger partial charge in [-0.2, -0.15) is 4.37 Å². The first-order valence-electron chi connectivity index (χ1n) is 4.87. The summed E-state index contributed by atoms with van der Waals surface area (Å²) in [4.78, 5) is 13.2. The zero-order chi connectivity index (χ0) is 12.1. The Labute approximate surface area is 98.5 Å². The Balaban J connectivity index is 2.72. The van der Waals surface area contributed by atoms with Gasteiger partial charge in [-0.25, -0.2) is 0 Å². The molecule has 0 unspecified atom stereocenters. The van der Waals surface area contributed by atoms with Crippen LogP contribution >= 0.6 is 11.5 Å². The molecular formula is C9H16N4O2S. The van der Waals surface area contributed by atoms with Crippen LogP contribution in [0.25, 0.3) is 0 Å².